The normalized spacial score (nSPS) is 12.9. The van der Waals surface area contributed by atoms with Gasteiger partial charge in [-0.2, -0.15) is 0 Å². The molecule has 3 N–H and O–H groups in total. The lowest BCUT2D eigenvalue weighted by molar-refractivity contribution is 0.470. The second-order valence-electron chi connectivity index (χ2n) is 3.27. The quantitative estimate of drug-likeness (QED) is 0.769. The topological polar surface area (TPSA) is 46.2 Å². The number of aryl methyl sites for hydroxylation is 1. The standard InChI is InChI=1S/C10H14ClNO/c1-6-3-4-8(7(2)5-12)9(11)10(6)13/h3-4,7,13H,5,12H2,1-2H3. The maximum absolute atomic E-state index is 9.56. The van der Waals surface area contributed by atoms with Crippen LogP contribution in [0.15, 0.2) is 12.1 Å². The lowest BCUT2D eigenvalue weighted by atomic mass is 9.99. The summed E-state index contributed by atoms with van der Waals surface area (Å²) in [6.45, 7) is 4.33. The summed E-state index contributed by atoms with van der Waals surface area (Å²) in [5.74, 6) is 0.346. The molecule has 0 bridgehead atoms. The monoisotopic (exact) mass is 199 g/mol. The highest BCUT2D eigenvalue weighted by Gasteiger charge is 2.12. The van der Waals surface area contributed by atoms with Crippen molar-refractivity contribution >= 4 is 11.6 Å². The van der Waals surface area contributed by atoms with Crippen LogP contribution in [0.3, 0.4) is 0 Å². The first kappa shape index (κ1) is 10.4. The molecular formula is C10H14ClNO. The molecule has 0 radical (unpaired) electrons. The van der Waals surface area contributed by atoms with E-state index in [-0.39, 0.29) is 11.7 Å². The van der Waals surface area contributed by atoms with Crippen molar-refractivity contribution < 1.29 is 5.11 Å². The first-order valence-electron chi connectivity index (χ1n) is 4.26. The number of aromatic hydroxyl groups is 1. The third kappa shape index (κ3) is 1.95. The van der Waals surface area contributed by atoms with Crippen molar-refractivity contribution in [3.05, 3.63) is 28.3 Å². The van der Waals surface area contributed by atoms with Crippen LogP contribution in [0.5, 0.6) is 5.75 Å². The van der Waals surface area contributed by atoms with Crippen molar-refractivity contribution in [3.63, 3.8) is 0 Å². The highest BCUT2D eigenvalue weighted by Crippen LogP contribution is 2.34. The number of rotatable bonds is 2. The summed E-state index contributed by atoms with van der Waals surface area (Å²) in [4.78, 5) is 0. The number of phenols is 1. The smallest absolute Gasteiger partial charge is 0.137 e. The largest absolute Gasteiger partial charge is 0.506 e. The molecule has 0 amide bonds. The minimum atomic E-state index is 0.166. The fourth-order valence-electron chi connectivity index (χ4n) is 1.18. The van der Waals surface area contributed by atoms with Gasteiger partial charge in [0.1, 0.15) is 5.75 Å². The number of nitrogens with two attached hydrogens (primary N) is 1. The molecule has 0 aromatic heterocycles. The van der Waals surface area contributed by atoms with E-state index in [1.807, 2.05) is 26.0 Å². The lowest BCUT2D eigenvalue weighted by Gasteiger charge is -2.13. The summed E-state index contributed by atoms with van der Waals surface area (Å²) in [5, 5.41) is 9.99. The van der Waals surface area contributed by atoms with E-state index in [1.165, 1.54) is 0 Å². The Bertz CT molecular complexity index is 312. The number of halogens is 1. The Hall–Kier alpha value is -0.730. The maximum Gasteiger partial charge on any atom is 0.137 e. The predicted octanol–water partition coefficient (Wildman–Crippen LogP) is 2.42. The van der Waals surface area contributed by atoms with Gasteiger partial charge in [0.25, 0.3) is 0 Å². The van der Waals surface area contributed by atoms with Crippen molar-refractivity contribution in [2.24, 2.45) is 5.73 Å². The third-order valence-electron chi connectivity index (χ3n) is 2.23. The Labute approximate surface area is 83.3 Å². The molecule has 0 saturated carbocycles. The molecule has 2 nitrogen and oxygen atoms in total. The molecule has 0 aliphatic carbocycles. The van der Waals surface area contributed by atoms with Crippen LogP contribution in [0.1, 0.15) is 24.0 Å². The molecule has 0 aliphatic heterocycles. The molecule has 0 spiro atoms. The Morgan fingerprint density at radius 2 is 2.15 bits per heavy atom. The fraction of sp³-hybridized carbons (Fsp3) is 0.400. The van der Waals surface area contributed by atoms with Gasteiger partial charge in [0.2, 0.25) is 0 Å². The first-order valence-corrected chi connectivity index (χ1v) is 4.63. The molecule has 72 valence electrons. The van der Waals surface area contributed by atoms with Crippen molar-refractivity contribution in [2.45, 2.75) is 19.8 Å². The second kappa shape index (κ2) is 3.99. The maximum atomic E-state index is 9.56. The van der Waals surface area contributed by atoms with Gasteiger partial charge in [0.15, 0.2) is 0 Å². The van der Waals surface area contributed by atoms with Gasteiger partial charge >= 0.3 is 0 Å². The number of benzene rings is 1. The molecular weight excluding hydrogens is 186 g/mol. The SMILES string of the molecule is Cc1ccc(C(C)CN)c(Cl)c1O. The van der Waals surface area contributed by atoms with E-state index in [0.29, 0.717) is 11.6 Å². The zero-order valence-corrected chi connectivity index (χ0v) is 8.60. The number of hydrogen-bond donors (Lipinski definition) is 2. The van der Waals surface area contributed by atoms with Gasteiger partial charge < -0.3 is 10.8 Å². The Balaban J connectivity index is 3.18. The molecule has 1 unspecified atom stereocenters. The zero-order chi connectivity index (χ0) is 10.0. The van der Waals surface area contributed by atoms with E-state index in [9.17, 15) is 5.11 Å². The van der Waals surface area contributed by atoms with Crippen molar-refractivity contribution in [1.82, 2.24) is 0 Å². The van der Waals surface area contributed by atoms with Crippen molar-refractivity contribution in [1.29, 1.82) is 0 Å². The van der Waals surface area contributed by atoms with Crippen LogP contribution in [0, 0.1) is 6.92 Å². The van der Waals surface area contributed by atoms with Crippen LogP contribution >= 0.6 is 11.6 Å². The Morgan fingerprint density at radius 3 is 2.69 bits per heavy atom. The molecule has 0 saturated heterocycles. The molecule has 3 heteroatoms. The van der Waals surface area contributed by atoms with Gasteiger partial charge in [0, 0.05) is 0 Å². The highest BCUT2D eigenvalue weighted by atomic mass is 35.5. The molecule has 1 aromatic carbocycles. The van der Waals surface area contributed by atoms with Crippen LogP contribution in [-0.4, -0.2) is 11.7 Å². The van der Waals surface area contributed by atoms with Gasteiger partial charge in [-0.1, -0.05) is 30.7 Å². The van der Waals surface area contributed by atoms with Crippen LogP contribution in [-0.2, 0) is 0 Å². The highest BCUT2D eigenvalue weighted by molar-refractivity contribution is 6.33. The second-order valence-corrected chi connectivity index (χ2v) is 3.65. The third-order valence-corrected chi connectivity index (χ3v) is 2.63. The molecule has 0 heterocycles. The molecule has 13 heavy (non-hydrogen) atoms. The average molecular weight is 200 g/mol. The van der Waals surface area contributed by atoms with Crippen LogP contribution in [0.25, 0.3) is 0 Å². The molecule has 1 atom stereocenters. The summed E-state index contributed by atoms with van der Waals surface area (Å²) in [6.07, 6.45) is 0. The van der Waals surface area contributed by atoms with Gasteiger partial charge in [-0.05, 0) is 30.5 Å². The van der Waals surface area contributed by atoms with E-state index >= 15 is 0 Å². The van der Waals surface area contributed by atoms with Crippen LogP contribution < -0.4 is 5.73 Å². The van der Waals surface area contributed by atoms with Crippen molar-refractivity contribution in [2.75, 3.05) is 6.54 Å². The number of hydrogen-bond acceptors (Lipinski definition) is 2. The van der Waals surface area contributed by atoms with E-state index in [4.69, 9.17) is 17.3 Å². The van der Waals surface area contributed by atoms with E-state index < -0.39 is 0 Å². The van der Waals surface area contributed by atoms with E-state index in [2.05, 4.69) is 0 Å². The van der Waals surface area contributed by atoms with Gasteiger partial charge in [-0.15, -0.1) is 0 Å². The Morgan fingerprint density at radius 1 is 1.54 bits per heavy atom. The summed E-state index contributed by atoms with van der Waals surface area (Å²) in [6, 6.07) is 3.76. The molecule has 0 fully saturated rings. The Kier molecular flexibility index (Phi) is 3.17. The average Bonchev–Trinajstić information content (AvgIpc) is 2.13. The number of phenolic OH excluding ortho intramolecular Hbond substituents is 1. The molecule has 1 aromatic rings. The first-order chi connectivity index (χ1) is 6.07. The molecule has 1 rings (SSSR count). The summed E-state index contributed by atoms with van der Waals surface area (Å²) in [5.41, 5.74) is 7.22. The van der Waals surface area contributed by atoms with Gasteiger partial charge in [0.05, 0.1) is 5.02 Å². The van der Waals surface area contributed by atoms with Crippen molar-refractivity contribution in [3.8, 4) is 5.75 Å². The summed E-state index contributed by atoms with van der Waals surface area (Å²) < 4.78 is 0. The zero-order valence-electron chi connectivity index (χ0n) is 7.84. The fourth-order valence-corrected chi connectivity index (χ4v) is 1.58. The van der Waals surface area contributed by atoms with Crippen LogP contribution in [0.2, 0.25) is 5.02 Å². The minimum absolute atomic E-state index is 0.166. The minimum Gasteiger partial charge on any atom is -0.506 e. The van der Waals surface area contributed by atoms with Gasteiger partial charge in [-0.3, -0.25) is 0 Å². The predicted molar refractivity (Wildman–Crippen MR) is 55.3 cm³/mol. The van der Waals surface area contributed by atoms with E-state index in [1.54, 1.807) is 0 Å². The van der Waals surface area contributed by atoms with Crippen LogP contribution in [0.4, 0.5) is 0 Å². The van der Waals surface area contributed by atoms with E-state index in [0.717, 1.165) is 11.1 Å². The summed E-state index contributed by atoms with van der Waals surface area (Å²) >= 11 is 5.97. The molecule has 0 aliphatic rings. The lowest BCUT2D eigenvalue weighted by Crippen LogP contribution is -2.09. The summed E-state index contributed by atoms with van der Waals surface area (Å²) in [7, 11) is 0. The van der Waals surface area contributed by atoms with Gasteiger partial charge in [-0.25, -0.2) is 0 Å².